The van der Waals surface area contributed by atoms with Gasteiger partial charge in [-0.3, -0.25) is 10.2 Å². The number of hydrogen-bond donors (Lipinski definition) is 1. The van der Waals surface area contributed by atoms with Gasteiger partial charge in [0.25, 0.3) is 5.91 Å². The van der Waals surface area contributed by atoms with Crippen LogP contribution in [0.25, 0.3) is 6.08 Å². The van der Waals surface area contributed by atoms with Crippen molar-refractivity contribution in [3.63, 3.8) is 0 Å². The molecule has 0 aliphatic carbocycles. The highest BCUT2D eigenvalue weighted by molar-refractivity contribution is 8.16. The second kappa shape index (κ2) is 10.9. The number of nitrogens with zero attached hydrogens (tertiary/aromatic N) is 3. The molecular formula is C25H24N4O5S2. The van der Waals surface area contributed by atoms with E-state index >= 15 is 0 Å². The van der Waals surface area contributed by atoms with E-state index < -0.39 is 15.7 Å². The Morgan fingerprint density at radius 2 is 1.83 bits per heavy atom. The van der Waals surface area contributed by atoms with E-state index in [2.05, 4.69) is 16.0 Å². The first-order valence-corrected chi connectivity index (χ1v) is 13.5. The SMILES string of the molecule is C=CCc1ccccc1OCCOc1ccc(/C=C2/C(=N)N3C(=NC2=O)SN=C3S(=O)(=O)CC)cc1. The van der Waals surface area contributed by atoms with E-state index in [0.29, 0.717) is 24.5 Å². The normalized spacial score (nSPS) is 16.5. The van der Waals surface area contributed by atoms with E-state index in [1.807, 2.05) is 30.3 Å². The minimum atomic E-state index is -3.69. The number of hydrogen-bond acceptors (Lipinski definition) is 8. The molecule has 0 saturated carbocycles. The van der Waals surface area contributed by atoms with Gasteiger partial charge in [0.15, 0.2) is 0 Å². The minimum Gasteiger partial charge on any atom is -0.490 e. The van der Waals surface area contributed by atoms with Gasteiger partial charge in [-0.15, -0.1) is 6.58 Å². The van der Waals surface area contributed by atoms with Crippen LogP contribution >= 0.6 is 11.9 Å². The molecule has 2 heterocycles. The zero-order valence-corrected chi connectivity index (χ0v) is 21.1. The monoisotopic (exact) mass is 524 g/mol. The van der Waals surface area contributed by atoms with Gasteiger partial charge in [-0.2, -0.15) is 9.39 Å². The van der Waals surface area contributed by atoms with Crippen molar-refractivity contribution in [3.8, 4) is 11.5 Å². The third-order valence-corrected chi connectivity index (χ3v) is 7.70. The number of nitrogens with one attached hydrogen (secondary N) is 1. The van der Waals surface area contributed by atoms with Crippen molar-refractivity contribution in [2.75, 3.05) is 19.0 Å². The summed E-state index contributed by atoms with van der Waals surface area (Å²) in [6, 6.07) is 14.7. The van der Waals surface area contributed by atoms with E-state index in [-0.39, 0.29) is 27.5 Å². The Labute approximate surface area is 213 Å². The van der Waals surface area contributed by atoms with Gasteiger partial charge >= 0.3 is 0 Å². The van der Waals surface area contributed by atoms with Crippen molar-refractivity contribution < 1.29 is 22.7 Å². The van der Waals surface area contributed by atoms with Crippen LogP contribution in [-0.2, 0) is 21.1 Å². The van der Waals surface area contributed by atoms with Gasteiger partial charge in [0.1, 0.15) is 30.5 Å². The van der Waals surface area contributed by atoms with Crippen molar-refractivity contribution in [2.24, 2.45) is 9.39 Å². The number of sulfone groups is 1. The summed E-state index contributed by atoms with van der Waals surface area (Å²) in [5.41, 5.74) is 1.66. The molecular weight excluding hydrogens is 500 g/mol. The van der Waals surface area contributed by atoms with Gasteiger partial charge in [0, 0.05) is 0 Å². The largest absolute Gasteiger partial charge is 0.490 e. The molecule has 2 aromatic carbocycles. The van der Waals surface area contributed by atoms with Crippen molar-refractivity contribution in [3.05, 3.63) is 77.9 Å². The molecule has 186 valence electrons. The maximum atomic E-state index is 12.5. The number of para-hydroxylation sites is 1. The highest BCUT2D eigenvalue weighted by Gasteiger charge is 2.42. The van der Waals surface area contributed by atoms with Crippen LogP contribution in [0, 0.1) is 5.41 Å². The number of carbonyl (C=O) groups is 1. The highest BCUT2D eigenvalue weighted by Crippen LogP contribution is 2.30. The van der Waals surface area contributed by atoms with Crippen molar-refractivity contribution in [1.29, 1.82) is 5.41 Å². The summed E-state index contributed by atoms with van der Waals surface area (Å²) >= 11 is 0.770. The summed E-state index contributed by atoms with van der Waals surface area (Å²) in [4.78, 5) is 17.5. The molecule has 9 nitrogen and oxygen atoms in total. The Morgan fingerprint density at radius 1 is 1.11 bits per heavy atom. The molecule has 0 saturated heterocycles. The lowest BCUT2D eigenvalue weighted by molar-refractivity contribution is -0.114. The zero-order valence-electron chi connectivity index (χ0n) is 19.5. The number of amidine groups is 3. The first-order chi connectivity index (χ1) is 17.3. The molecule has 0 radical (unpaired) electrons. The summed E-state index contributed by atoms with van der Waals surface area (Å²) in [6.45, 7) is 5.96. The molecule has 1 amide bonds. The van der Waals surface area contributed by atoms with E-state index in [1.165, 1.54) is 13.0 Å². The Bertz CT molecular complexity index is 1400. The molecule has 0 aromatic heterocycles. The fraction of sp³-hybridized carbons (Fsp3) is 0.200. The van der Waals surface area contributed by atoms with Crippen LogP contribution in [0.4, 0.5) is 0 Å². The molecule has 0 unspecified atom stereocenters. The summed E-state index contributed by atoms with van der Waals surface area (Å²) in [5, 5.41) is 8.24. The summed E-state index contributed by atoms with van der Waals surface area (Å²) in [7, 11) is -3.69. The summed E-state index contributed by atoms with van der Waals surface area (Å²) in [6.07, 6.45) is 4.04. The molecule has 0 fully saturated rings. The van der Waals surface area contributed by atoms with Gasteiger partial charge in [-0.1, -0.05) is 43.3 Å². The predicted molar refractivity (Wildman–Crippen MR) is 142 cm³/mol. The van der Waals surface area contributed by atoms with Crippen molar-refractivity contribution >= 4 is 49.9 Å². The van der Waals surface area contributed by atoms with Crippen LogP contribution in [-0.4, -0.2) is 54.4 Å². The third kappa shape index (κ3) is 5.42. The fourth-order valence-electron chi connectivity index (χ4n) is 3.44. The van der Waals surface area contributed by atoms with Gasteiger partial charge in [-0.25, -0.2) is 13.3 Å². The number of rotatable bonds is 9. The number of ether oxygens (including phenoxy) is 2. The summed E-state index contributed by atoms with van der Waals surface area (Å²) in [5.74, 6) is 0.331. The Kier molecular flexibility index (Phi) is 7.70. The molecule has 2 aromatic rings. The molecule has 0 spiro atoms. The second-order valence-electron chi connectivity index (χ2n) is 7.68. The van der Waals surface area contributed by atoms with E-state index in [4.69, 9.17) is 14.9 Å². The number of amides is 1. The smallest absolute Gasteiger partial charge is 0.283 e. The minimum absolute atomic E-state index is 0.0273. The first kappa shape index (κ1) is 25.4. The fourth-order valence-corrected chi connectivity index (χ4v) is 5.40. The van der Waals surface area contributed by atoms with E-state index in [1.54, 1.807) is 24.3 Å². The number of allylic oxidation sites excluding steroid dienone is 1. The lowest BCUT2D eigenvalue weighted by Crippen LogP contribution is -2.45. The van der Waals surface area contributed by atoms with Crippen LogP contribution in [0.3, 0.4) is 0 Å². The standard InChI is InChI=1S/C25H24N4O5S2/c1-3-7-18-8-5-6-9-21(18)34-15-14-33-19-12-10-17(11-13-19)16-20-22(26)29-24(27-23(20)30)35-28-25(29)36(31,32)4-2/h3,5-6,8-13,16,26H,1,4,7,14-15H2,2H3/b20-16-,26-22?. The molecule has 11 heteroatoms. The van der Waals surface area contributed by atoms with Crippen molar-refractivity contribution in [2.45, 2.75) is 13.3 Å². The number of benzene rings is 2. The summed E-state index contributed by atoms with van der Waals surface area (Å²) < 4.78 is 40.2. The van der Waals surface area contributed by atoms with Crippen LogP contribution in [0.1, 0.15) is 18.1 Å². The van der Waals surface area contributed by atoms with Crippen LogP contribution in [0.5, 0.6) is 11.5 Å². The number of carbonyl (C=O) groups excluding carboxylic acids is 1. The Morgan fingerprint density at radius 3 is 2.56 bits per heavy atom. The molecule has 36 heavy (non-hydrogen) atoms. The third-order valence-electron chi connectivity index (χ3n) is 5.29. The van der Waals surface area contributed by atoms with Crippen molar-refractivity contribution in [1.82, 2.24) is 4.90 Å². The zero-order chi connectivity index (χ0) is 25.7. The lowest BCUT2D eigenvalue weighted by Gasteiger charge is -2.24. The van der Waals surface area contributed by atoms with Gasteiger partial charge in [0.2, 0.25) is 20.2 Å². The maximum absolute atomic E-state index is 12.5. The molecule has 0 atom stereocenters. The molecule has 4 rings (SSSR count). The highest BCUT2D eigenvalue weighted by atomic mass is 32.2. The van der Waals surface area contributed by atoms with Crippen LogP contribution < -0.4 is 9.47 Å². The molecule has 1 N–H and O–H groups in total. The molecule has 2 aliphatic heterocycles. The quantitative estimate of drug-likeness (QED) is 0.229. The lowest BCUT2D eigenvalue weighted by atomic mass is 10.1. The van der Waals surface area contributed by atoms with Crippen LogP contribution in [0.15, 0.2) is 76.1 Å². The van der Waals surface area contributed by atoms with Crippen LogP contribution in [0.2, 0.25) is 0 Å². The Hall–Kier alpha value is -3.70. The number of aliphatic imine (C=N–C) groups is 1. The topological polar surface area (TPSA) is 121 Å². The van der Waals surface area contributed by atoms with Gasteiger partial charge < -0.3 is 9.47 Å². The second-order valence-corrected chi connectivity index (χ2v) is 10.6. The average Bonchev–Trinajstić information content (AvgIpc) is 3.31. The van der Waals surface area contributed by atoms with Gasteiger partial charge in [0.05, 0.1) is 23.3 Å². The van der Waals surface area contributed by atoms with E-state index in [0.717, 1.165) is 34.6 Å². The maximum Gasteiger partial charge on any atom is 0.283 e. The molecule has 0 bridgehead atoms. The number of fused-ring (bicyclic) bond motifs is 1. The first-order valence-electron chi connectivity index (χ1n) is 11.1. The molecule has 2 aliphatic rings. The average molecular weight is 525 g/mol. The predicted octanol–water partition coefficient (Wildman–Crippen LogP) is 3.88. The van der Waals surface area contributed by atoms with Gasteiger partial charge in [-0.05, 0) is 41.8 Å². The Balaban J connectivity index is 1.40. The van der Waals surface area contributed by atoms with E-state index in [9.17, 15) is 13.2 Å².